The van der Waals surface area contributed by atoms with E-state index in [-0.39, 0.29) is 16.9 Å². The molecule has 5 nitrogen and oxygen atoms in total. The van der Waals surface area contributed by atoms with Gasteiger partial charge >= 0.3 is 0 Å². The molecule has 31 heavy (non-hydrogen) atoms. The number of rotatable bonds is 4. The van der Waals surface area contributed by atoms with E-state index in [1.54, 1.807) is 6.07 Å². The quantitative estimate of drug-likeness (QED) is 0.783. The molecule has 1 saturated heterocycles. The molecule has 170 valence electrons. The molecule has 0 unspecified atom stereocenters. The molecule has 0 radical (unpaired) electrons. The fraction of sp³-hybridized carbons (Fsp3) is 0.750. The lowest BCUT2D eigenvalue weighted by Crippen LogP contribution is -2.48. The minimum atomic E-state index is -2.53. The Labute approximate surface area is 182 Å². The number of nitrogens with one attached hydrogen (secondary N) is 1. The van der Waals surface area contributed by atoms with Gasteiger partial charge in [0, 0.05) is 55.7 Å². The third-order valence-corrected chi connectivity index (χ3v) is 8.25. The summed E-state index contributed by atoms with van der Waals surface area (Å²) >= 11 is 0. The number of carbonyl (C=O) groups is 1. The van der Waals surface area contributed by atoms with Crippen LogP contribution in [0.25, 0.3) is 0 Å². The van der Waals surface area contributed by atoms with E-state index < -0.39 is 6.43 Å². The van der Waals surface area contributed by atoms with E-state index in [0.717, 1.165) is 63.0 Å². The maximum Gasteiger partial charge on any atom is 0.265 e. The first kappa shape index (κ1) is 21.3. The Hall–Kier alpha value is -1.60. The zero-order valence-electron chi connectivity index (χ0n) is 18.3. The van der Waals surface area contributed by atoms with Gasteiger partial charge in [0.2, 0.25) is 5.91 Å². The SMILES string of the molecule is C[C@H]1COCC[C@@H]1N[C@@H]1C[C@H]2CCC[C@@]2(C(=O)N2CCc3ncc(C(F)F)cc3C2)C1. The Morgan fingerprint density at radius 2 is 2.26 bits per heavy atom. The van der Waals surface area contributed by atoms with Crippen molar-refractivity contribution in [3.8, 4) is 0 Å². The Balaban J connectivity index is 1.30. The molecule has 2 aliphatic carbocycles. The van der Waals surface area contributed by atoms with Crippen molar-refractivity contribution in [2.45, 2.75) is 76.9 Å². The molecule has 7 heteroatoms. The third kappa shape index (κ3) is 3.88. The van der Waals surface area contributed by atoms with Crippen LogP contribution in [0.2, 0.25) is 0 Å². The van der Waals surface area contributed by atoms with E-state index in [9.17, 15) is 13.6 Å². The van der Waals surface area contributed by atoms with Crippen LogP contribution >= 0.6 is 0 Å². The summed E-state index contributed by atoms with van der Waals surface area (Å²) in [5, 5.41) is 3.87. The first-order chi connectivity index (χ1) is 15.0. The molecule has 1 aromatic rings. The van der Waals surface area contributed by atoms with Crippen molar-refractivity contribution < 1.29 is 18.3 Å². The molecule has 1 N–H and O–H groups in total. The molecular weight excluding hydrogens is 400 g/mol. The fourth-order valence-electron chi connectivity index (χ4n) is 6.60. The normalized spacial score (nSPS) is 35.3. The van der Waals surface area contributed by atoms with Gasteiger partial charge in [0.05, 0.1) is 12.0 Å². The third-order valence-electron chi connectivity index (χ3n) is 8.25. The van der Waals surface area contributed by atoms with Crippen LogP contribution in [0, 0.1) is 17.3 Å². The highest BCUT2D eigenvalue weighted by Gasteiger charge is 2.56. The first-order valence-corrected chi connectivity index (χ1v) is 11.9. The summed E-state index contributed by atoms with van der Waals surface area (Å²) in [4.78, 5) is 20.0. The van der Waals surface area contributed by atoms with Crippen LogP contribution in [0.3, 0.4) is 0 Å². The molecule has 0 spiro atoms. The number of hydrogen-bond acceptors (Lipinski definition) is 4. The van der Waals surface area contributed by atoms with E-state index >= 15 is 0 Å². The van der Waals surface area contributed by atoms with Gasteiger partial charge in [0.25, 0.3) is 6.43 Å². The van der Waals surface area contributed by atoms with Gasteiger partial charge in [0.15, 0.2) is 0 Å². The fourth-order valence-corrected chi connectivity index (χ4v) is 6.60. The largest absolute Gasteiger partial charge is 0.381 e. The number of pyridine rings is 1. The second-order valence-corrected chi connectivity index (χ2v) is 10.1. The van der Waals surface area contributed by atoms with E-state index in [1.807, 2.05) is 4.90 Å². The van der Waals surface area contributed by atoms with E-state index in [4.69, 9.17) is 4.74 Å². The van der Waals surface area contributed by atoms with Crippen LogP contribution < -0.4 is 5.32 Å². The minimum Gasteiger partial charge on any atom is -0.381 e. The number of hydrogen-bond donors (Lipinski definition) is 1. The maximum absolute atomic E-state index is 13.8. The number of amides is 1. The first-order valence-electron chi connectivity index (χ1n) is 11.9. The van der Waals surface area contributed by atoms with Gasteiger partial charge in [-0.2, -0.15) is 0 Å². The number of nitrogens with zero attached hydrogens (tertiary/aromatic N) is 2. The second-order valence-electron chi connectivity index (χ2n) is 10.1. The van der Waals surface area contributed by atoms with Crippen LogP contribution in [-0.2, 0) is 22.5 Å². The lowest BCUT2D eigenvalue weighted by molar-refractivity contribution is -0.144. The van der Waals surface area contributed by atoms with Crippen LogP contribution in [0.4, 0.5) is 8.78 Å². The molecule has 4 aliphatic rings. The molecule has 3 heterocycles. The van der Waals surface area contributed by atoms with Crippen molar-refractivity contribution in [1.29, 1.82) is 0 Å². The maximum atomic E-state index is 13.8. The highest BCUT2D eigenvalue weighted by Crippen LogP contribution is 2.55. The molecule has 3 fully saturated rings. The summed E-state index contributed by atoms with van der Waals surface area (Å²) in [6.07, 6.45) is 5.58. The lowest BCUT2D eigenvalue weighted by atomic mass is 9.78. The van der Waals surface area contributed by atoms with Gasteiger partial charge < -0.3 is 15.0 Å². The van der Waals surface area contributed by atoms with Gasteiger partial charge in [-0.3, -0.25) is 9.78 Å². The van der Waals surface area contributed by atoms with Crippen molar-refractivity contribution in [2.24, 2.45) is 17.3 Å². The predicted octanol–water partition coefficient (Wildman–Crippen LogP) is 3.87. The summed E-state index contributed by atoms with van der Waals surface area (Å²) in [6.45, 7) is 4.89. The minimum absolute atomic E-state index is 0.0549. The van der Waals surface area contributed by atoms with Crippen molar-refractivity contribution in [3.63, 3.8) is 0 Å². The number of carbonyl (C=O) groups excluding carboxylic acids is 1. The van der Waals surface area contributed by atoms with Gasteiger partial charge in [-0.25, -0.2) is 8.78 Å². The smallest absolute Gasteiger partial charge is 0.265 e. The van der Waals surface area contributed by atoms with Gasteiger partial charge in [-0.15, -0.1) is 0 Å². The number of halogens is 2. The molecule has 1 amide bonds. The number of aromatic nitrogens is 1. The summed E-state index contributed by atoms with van der Waals surface area (Å²) < 4.78 is 31.9. The molecule has 5 rings (SSSR count). The van der Waals surface area contributed by atoms with E-state index in [2.05, 4.69) is 17.2 Å². The predicted molar refractivity (Wildman–Crippen MR) is 113 cm³/mol. The molecular formula is C24H33F2N3O2. The zero-order chi connectivity index (χ0) is 21.6. The lowest BCUT2D eigenvalue weighted by Gasteiger charge is -2.37. The van der Waals surface area contributed by atoms with E-state index in [0.29, 0.717) is 43.4 Å². The van der Waals surface area contributed by atoms with Gasteiger partial charge in [-0.1, -0.05) is 13.3 Å². The van der Waals surface area contributed by atoms with Crippen molar-refractivity contribution in [1.82, 2.24) is 15.2 Å². The molecule has 0 aromatic carbocycles. The average molecular weight is 434 g/mol. The van der Waals surface area contributed by atoms with Crippen LogP contribution in [0.5, 0.6) is 0 Å². The summed E-state index contributed by atoms with van der Waals surface area (Å²) in [7, 11) is 0. The average Bonchev–Trinajstić information content (AvgIpc) is 3.32. The number of ether oxygens (including phenoxy) is 1. The number of alkyl halides is 2. The monoisotopic (exact) mass is 433 g/mol. The zero-order valence-corrected chi connectivity index (χ0v) is 18.3. The topological polar surface area (TPSA) is 54.5 Å². The highest BCUT2D eigenvalue weighted by atomic mass is 19.3. The van der Waals surface area contributed by atoms with Crippen LogP contribution in [0.15, 0.2) is 12.3 Å². The van der Waals surface area contributed by atoms with Gasteiger partial charge in [-0.05, 0) is 55.6 Å². The molecule has 0 bridgehead atoms. The Morgan fingerprint density at radius 3 is 3.06 bits per heavy atom. The Morgan fingerprint density at radius 1 is 1.39 bits per heavy atom. The Bertz CT molecular complexity index is 835. The molecule has 2 saturated carbocycles. The molecule has 1 aromatic heterocycles. The second kappa shape index (κ2) is 8.39. The van der Waals surface area contributed by atoms with Crippen LogP contribution in [0.1, 0.15) is 68.7 Å². The standard InChI is InChI=1S/C24H33F2N3O2/c1-15-14-31-8-5-20(15)28-19-10-18-3-2-6-24(18,11-19)23(30)29-7-4-21-17(13-29)9-16(12-27-21)22(25)26/h9,12,15,18-20,22,28H,2-8,10-11,13-14H2,1H3/t15-,18+,19+,20-,24+/m0/s1. The molecule has 5 atom stereocenters. The Kier molecular flexibility index (Phi) is 5.76. The van der Waals surface area contributed by atoms with Gasteiger partial charge in [0.1, 0.15) is 0 Å². The van der Waals surface area contributed by atoms with Crippen molar-refractivity contribution in [2.75, 3.05) is 19.8 Å². The molecule has 2 aliphatic heterocycles. The summed E-state index contributed by atoms with van der Waals surface area (Å²) in [5.74, 6) is 1.17. The van der Waals surface area contributed by atoms with Crippen molar-refractivity contribution in [3.05, 3.63) is 29.1 Å². The van der Waals surface area contributed by atoms with E-state index in [1.165, 1.54) is 6.20 Å². The number of fused-ring (bicyclic) bond motifs is 2. The van der Waals surface area contributed by atoms with Crippen LogP contribution in [-0.4, -0.2) is 47.6 Å². The summed E-state index contributed by atoms with van der Waals surface area (Å²) in [5.41, 5.74) is 1.30. The highest BCUT2D eigenvalue weighted by molar-refractivity contribution is 5.84. The summed E-state index contributed by atoms with van der Waals surface area (Å²) in [6, 6.07) is 2.39. The van der Waals surface area contributed by atoms with Crippen molar-refractivity contribution >= 4 is 5.91 Å².